The largest absolute Gasteiger partial charge is 0.393 e. The maximum Gasteiger partial charge on any atom is 0.0799 e. The van der Waals surface area contributed by atoms with Crippen molar-refractivity contribution in [3.63, 3.8) is 0 Å². The van der Waals surface area contributed by atoms with E-state index in [1.54, 1.807) is 0 Å². The highest BCUT2D eigenvalue weighted by Crippen LogP contribution is 2.12. The summed E-state index contributed by atoms with van der Waals surface area (Å²) in [5.41, 5.74) is 0. The Balaban J connectivity index is 2.88. The number of aliphatic hydroxyl groups excluding tert-OH is 2. The van der Waals surface area contributed by atoms with Crippen molar-refractivity contribution < 1.29 is 10.2 Å². The average molecular weight is 229 g/mol. The van der Waals surface area contributed by atoms with E-state index in [2.05, 4.69) is 0 Å². The molecular weight excluding hydrogens is 200 g/mol. The van der Waals surface area contributed by atoms with Crippen molar-refractivity contribution in [1.29, 1.82) is 0 Å². The first-order valence-electron chi connectivity index (χ1n) is 6.91. The molecule has 16 heavy (non-hydrogen) atoms. The Hall–Kier alpha value is -0.0800. The minimum Gasteiger partial charge on any atom is -0.393 e. The van der Waals surface area contributed by atoms with Gasteiger partial charge in [0, 0.05) is 0 Å². The summed E-state index contributed by atoms with van der Waals surface area (Å²) in [5, 5.41) is 17.6. The predicted octanol–water partition coefficient (Wildman–Crippen LogP) is 4.19. The van der Waals surface area contributed by atoms with Crippen LogP contribution in [0.1, 0.15) is 77.6 Å². The Morgan fingerprint density at radius 3 is 1.69 bits per heavy atom. The second-order valence-corrected chi connectivity index (χ2v) is 4.79. The average Bonchev–Trinajstić information content (AvgIpc) is 2.25. The van der Waals surface area contributed by atoms with Crippen molar-refractivity contribution in [2.24, 2.45) is 0 Å². The first-order valence-corrected chi connectivity index (χ1v) is 6.91. The molecule has 97 valence electrons. The number of hydrogen-bond donors (Lipinski definition) is 2. The normalized spacial score (nSPS) is 12.9. The van der Waals surface area contributed by atoms with Gasteiger partial charge in [-0.15, -0.1) is 0 Å². The molecule has 0 aliphatic heterocycles. The molecular formula is C14H29O2. The SMILES string of the molecule is CC(O)CCCCCCCCCCC[CH]O. The van der Waals surface area contributed by atoms with Crippen molar-refractivity contribution in [2.45, 2.75) is 83.7 Å². The van der Waals surface area contributed by atoms with Crippen LogP contribution in [0.3, 0.4) is 0 Å². The van der Waals surface area contributed by atoms with Crippen LogP contribution in [0.25, 0.3) is 0 Å². The smallest absolute Gasteiger partial charge is 0.0799 e. The van der Waals surface area contributed by atoms with Gasteiger partial charge in [-0.2, -0.15) is 0 Å². The van der Waals surface area contributed by atoms with Crippen LogP contribution < -0.4 is 0 Å². The van der Waals surface area contributed by atoms with E-state index in [4.69, 9.17) is 10.2 Å². The van der Waals surface area contributed by atoms with E-state index < -0.39 is 0 Å². The van der Waals surface area contributed by atoms with Gasteiger partial charge >= 0.3 is 0 Å². The van der Waals surface area contributed by atoms with Crippen LogP contribution in [0.5, 0.6) is 0 Å². The van der Waals surface area contributed by atoms with Gasteiger partial charge in [0.15, 0.2) is 0 Å². The van der Waals surface area contributed by atoms with Crippen LogP contribution in [-0.4, -0.2) is 16.3 Å². The van der Waals surface area contributed by atoms with Crippen molar-refractivity contribution in [3.8, 4) is 0 Å². The summed E-state index contributed by atoms with van der Waals surface area (Å²) in [4.78, 5) is 0. The molecule has 0 aliphatic rings. The number of hydrogen-bond acceptors (Lipinski definition) is 2. The first-order chi connectivity index (χ1) is 7.77. The van der Waals surface area contributed by atoms with Gasteiger partial charge in [-0.25, -0.2) is 0 Å². The Morgan fingerprint density at radius 1 is 0.812 bits per heavy atom. The second kappa shape index (κ2) is 13.0. The fourth-order valence-corrected chi connectivity index (χ4v) is 1.91. The molecule has 0 amide bonds. The lowest BCUT2D eigenvalue weighted by molar-refractivity contribution is 0.180. The zero-order valence-electron chi connectivity index (χ0n) is 10.8. The minimum atomic E-state index is -0.122. The van der Waals surface area contributed by atoms with E-state index in [1.165, 1.54) is 58.0 Å². The predicted molar refractivity (Wildman–Crippen MR) is 68.7 cm³/mol. The van der Waals surface area contributed by atoms with Crippen molar-refractivity contribution in [2.75, 3.05) is 0 Å². The third kappa shape index (κ3) is 13.9. The third-order valence-electron chi connectivity index (χ3n) is 2.96. The molecule has 0 aromatic rings. The standard InChI is InChI=1S/C14H29O2/c1-14(16)12-10-8-6-4-2-3-5-7-9-11-13-15/h13-16H,2-12H2,1H3. The summed E-state index contributed by atoms with van der Waals surface area (Å²) >= 11 is 0. The van der Waals surface area contributed by atoms with Crippen molar-refractivity contribution in [3.05, 3.63) is 6.61 Å². The van der Waals surface area contributed by atoms with Crippen LogP contribution in [0, 0.1) is 6.61 Å². The third-order valence-corrected chi connectivity index (χ3v) is 2.96. The number of aliphatic hydroxyl groups is 2. The van der Waals surface area contributed by atoms with E-state index in [0.717, 1.165) is 19.3 Å². The zero-order chi connectivity index (χ0) is 12.1. The lowest BCUT2D eigenvalue weighted by Crippen LogP contribution is -1.98. The molecule has 0 aromatic carbocycles. The van der Waals surface area contributed by atoms with Crippen molar-refractivity contribution >= 4 is 0 Å². The van der Waals surface area contributed by atoms with E-state index in [9.17, 15) is 0 Å². The highest BCUT2D eigenvalue weighted by molar-refractivity contribution is 4.52. The van der Waals surface area contributed by atoms with Gasteiger partial charge in [0.2, 0.25) is 0 Å². The van der Waals surface area contributed by atoms with Crippen LogP contribution in [0.4, 0.5) is 0 Å². The van der Waals surface area contributed by atoms with E-state index in [0.29, 0.717) is 0 Å². The Morgan fingerprint density at radius 2 is 1.25 bits per heavy atom. The molecule has 0 rings (SSSR count). The van der Waals surface area contributed by atoms with Gasteiger partial charge in [0.05, 0.1) is 12.7 Å². The molecule has 0 saturated heterocycles. The molecule has 0 heterocycles. The fraction of sp³-hybridized carbons (Fsp3) is 0.929. The molecule has 0 aliphatic carbocycles. The van der Waals surface area contributed by atoms with E-state index in [1.807, 2.05) is 6.92 Å². The highest BCUT2D eigenvalue weighted by atomic mass is 16.3. The van der Waals surface area contributed by atoms with Gasteiger partial charge < -0.3 is 10.2 Å². The molecule has 0 bridgehead atoms. The summed E-state index contributed by atoms with van der Waals surface area (Å²) in [5.74, 6) is 0. The van der Waals surface area contributed by atoms with Gasteiger partial charge in [-0.05, 0) is 19.8 Å². The highest BCUT2D eigenvalue weighted by Gasteiger charge is 1.96. The summed E-state index contributed by atoms with van der Waals surface area (Å²) in [6, 6.07) is 0. The van der Waals surface area contributed by atoms with Gasteiger partial charge in [-0.1, -0.05) is 57.8 Å². The Bertz CT molecular complexity index is 124. The molecule has 2 N–H and O–H groups in total. The monoisotopic (exact) mass is 229 g/mol. The Kier molecular flexibility index (Phi) is 12.9. The molecule has 0 saturated carbocycles. The molecule has 0 spiro atoms. The molecule has 1 unspecified atom stereocenters. The maximum absolute atomic E-state index is 9.08. The fourth-order valence-electron chi connectivity index (χ4n) is 1.91. The number of unbranched alkanes of at least 4 members (excludes halogenated alkanes) is 9. The van der Waals surface area contributed by atoms with Gasteiger partial charge in [0.1, 0.15) is 0 Å². The van der Waals surface area contributed by atoms with E-state index >= 15 is 0 Å². The minimum absolute atomic E-state index is 0.122. The molecule has 2 heteroatoms. The summed E-state index contributed by atoms with van der Waals surface area (Å²) in [6.07, 6.45) is 13.1. The van der Waals surface area contributed by atoms with Gasteiger partial charge in [0.25, 0.3) is 0 Å². The quantitative estimate of drug-likeness (QED) is 0.493. The zero-order valence-corrected chi connectivity index (χ0v) is 10.8. The molecule has 2 nitrogen and oxygen atoms in total. The Labute approximate surface area is 101 Å². The van der Waals surface area contributed by atoms with Crippen LogP contribution in [-0.2, 0) is 0 Å². The van der Waals surface area contributed by atoms with Crippen LogP contribution in [0.2, 0.25) is 0 Å². The molecule has 0 fully saturated rings. The maximum atomic E-state index is 9.08. The van der Waals surface area contributed by atoms with E-state index in [-0.39, 0.29) is 6.10 Å². The van der Waals surface area contributed by atoms with Crippen LogP contribution in [0.15, 0.2) is 0 Å². The summed E-state index contributed by atoms with van der Waals surface area (Å²) in [7, 11) is 0. The van der Waals surface area contributed by atoms with Crippen molar-refractivity contribution in [1.82, 2.24) is 0 Å². The van der Waals surface area contributed by atoms with Gasteiger partial charge in [-0.3, -0.25) is 0 Å². The molecule has 1 atom stereocenters. The lowest BCUT2D eigenvalue weighted by atomic mass is 10.0. The summed E-state index contributed by atoms with van der Waals surface area (Å²) < 4.78 is 0. The second-order valence-electron chi connectivity index (χ2n) is 4.79. The summed E-state index contributed by atoms with van der Waals surface area (Å²) in [6.45, 7) is 3.13. The first kappa shape index (κ1) is 15.9. The molecule has 1 radical (unpaired) electrons. The lowest BCUT2D eigenvalue weighted by Gasteiger charge is -2.04. The topological polar surface area (TPSA) is 40.5 Å². The molecule has 0 aromatic heterocycles. The van der Waals surface area contributed by atoms with Crippen LogP contribution >= 0.6 is 0 Å². The number of rotatable bonds is 12.